The molecule has 2 aromatic rings. The monoisotopic (exact) mass is 253 g/mol. The van der Waals surface area contributed by atoms with Crippen LogP contribution in [0.15, 0.2) is 42.6 Å². The quantitative estimate of drug-likeness (QED) is 0.758. The molecule has 1 unspecified atom stereocenters. The van der Waals surface area contributed by atoms with Gasteiger partial charge in [-0.2, -0.15) is 0 Å². The highest BCUT2D eigenvalue weighted by Crippen LogP contribution is 2.26. The lowest BCUT2D eigenvalue weighted by atomic mass is 9.89. The molecule has 0 fully saturated rings. The van der Waals surface area contributed by atoms with Crippen molar-refractivity contribution in [2.24, 2.45) is 0 Å². The fourth-order valence-electron chi connectivity index (χ4n) is 2.65. The Balaban J connectivity index is 2.22. The lowest BCUT2D eigenvalue weighted by molar-refractivity contribution is 0.724. The van der Waals surface area contributed by atoms with Gasteiger partial charge in [-0.3, -0.25) is 4.98 Å². The number of hydrogen-bond acceptors (Lipinski definition) is 1. The summed E-state index contributed by atoms with van der Waals surface area (Å²) in [6.45, 7) is 9.02. The number of benzene rings is 1. The van der Waals surface area contributed by atoms with E-state index in [2.05, 4.69) is 63.0 Å². The van der Waals surface area contributed by atoms with Gasteiger partial charge in [0.15, 0.2) is 0 Å². The van der Waals surface area contributed by atoms with Crippen molar-refractivity contribution in [3.8, 4) is 0 Å². The van der Waals surface area contributed by atoms with E-state index in [0.29, 0.717) is 11.8 Å². The maximum absolute atomic E-state index is 4.46. The molecule has 0 spiro atoms. The van der Waals surface area contributed by atoms with Gasteiger partial charge in [-0.05, 0) is 48.1 Å². The second kappa shape index (κ2) is 6.01. The van der Waals surface area contributed by atoms with Crippen LogP contribution in [0.5, 0.6) is 0 Å². The van der Waals surface area contributed by atoms with E-state index in [1.54, 1.807) is 0 Å². The van der Waals surface area contributed by atoms with Gasteiger partial charge in [-0.25, -0.2) is 0 Å². The molecule has 0 saturated carbocycles. The Morgan fingerprint density at radius 2 is 1.79 bits per heavy atom. The first-order chi connectivity index (χ1) is 9.09. The van der Waals surface area contributed by atoms with Gasteiger partial charge in [0.25, 0.3) is 0 Å². The molecule has 1 aromatic carbocycles. The minimum atomic E-state index is 0.460. The van der Waals surface area contributed by atoms with Crippen LogP contribution in [0.25, 0.3) is 0 Å². The Hall–Kier alpha value is -1.63. The zero-order valence-corrected chi connectivity index (χ0v) is 12.4. The van der Waals surface area contributed by atoms with Crippen LogP contribution >= 0.6 is 0 Å². The van der Waals surface area contributed by atoms with Crippen LogP contribution < -0.4 is 0 Å². The molecular formula is C18H23N. The number of hydrogen-bond donors (Lipinski definition) is 0. The summed E-state index contributed by atoms with van der Waals surface area (Å²) in [4.78, 5) is 4.46. The Kier molecular flexibility index (Phi) is 4.36. The maximum Gasteiger partial charge on any atom is 0.0435 e. The summed E-state index contributed by atoms with van der Waals surface area (Å²) >= 11 is 0. The van der Waals surface area contributed by atoms with Crippen LogP contribution in [0.3, 0.4) is 0 Å². The average molecular weight is 253 g/mol. The van der Waals surface area contributed by atoms with Crippen LogP contribution in [0.1, 0.15) is 55.0 Å². The molecule has 0 bridgehead atoms. The van der Waals surface area contributed by atoms with E-state index in [9.17, 15) is 0 Å². The lowest BCUT2D eigenvalue weighted by Crippen LogP contribution is -2.04. The summed E-state index contributed by atoms with van der Waals surface area (Å²) in [5.41, 5.74) is 5.53. The van der Waals surface area contributed by atoms with Crippen molar-refractivity contribution in [3.05, 3.63) is 65.0 Å². The number of pyridine rings is 1. The summed E-state index contributed by atoms with van der Waals surface area (Å²) in [5, 5.41) is 0. The van der Waals surface area contributed by atoms with Crippen LogP contribution in [-0.4, -0.2) is 4.98 Å². The topological polar surface area (TPSA) is 12.9 Å². The third kappa shape index (κ3) is 3.23. The molecule has 0 radical (unpaired) electrons. The van der Waals surface area contributed by atoms with Crippen LogP contribution in [0.4, 0.5) is 0 Å². The highest BCUT2D eigenvalue weighted by atomic mass is 14.7. The van der Waals surface area contributed by atoms with E-state index in [1.807, 2.05) is 12.3 Å². The molecule has 0 saturated heterocycles. The maximum atomic E-state index is 4.46. The second-order valence-electron chi connectivity index (χ2n) is 5.65. The zero-order valence-electron chi connectivity index (χ0n) is 12.4. The van der Waals surface area contributed by atoms with Crippen molar-refractivity contribution in [1.29, 1.82) is 0 Å². The molecule has 1 atom stereocenters. The minimum absolute atomic E-state index is 0.460. The van der Waals surface area contributed by atoms with Crippen LogP contribution in [0.2, 0.25) is 0 Å². The minimum Gasteiger partial charge on any atom is -0.261 e. The van der Waals surface area contributed by atoms with Gasteiger partial charge in [-0.15, -0.1) is 0 Å². The summed E-state index contributed by atoms with van der Waals surface area (Å²) < 4.78 is 0. The highest BCUT2D eigenvalue weighted by Gasteiger charge is 2.12. The van der Waals surface area contributed by atoms with E-state index in [0.717, 1.165) is 6.42 Å². The first kappa shape index (κ1) is 13.8. The molecule has 0 amide bonds. The SMILES string of the molecule is Cc1c(CC(C)c2ccccn2)cccc1C(C)C. The van der Waals surface area contributed by atoms with Crippen molar-refractivity contribution in [2.45, 2.75) is 46.0 Å². The lowest BCUT2D eigenvalue weighted by Gasteiger charge is -2.17. The van der Waals surface area contributed by atoms with Crippen LogP contribution in [0, 0.1) is 6.92 Å². The summed E-state index contributed by atoms with van der Waals surface area (Å²) in [5.74, 6) is 1.05. The highest BCUT2D eigenvalue weighted by molar-refractivity contribution is 5.37. The number of aromatic nitrogens is 1. The van der Waals surface area contributed by atoms with Gasteiger partial charge in [-0.1, -0.05) is 45.0 Å². The second-order valence-corrected chi connectivity index (χ2v) is 5.65. The molecule has 19 heavy (non-hydrogen) atoms. The average Bonchev–Trinajstić information content (AvgIpc) is 2.41. The van der Waals surface area contributed by atoms with Gasteiger partial charge < -0.3 is 0 Å². The van der Waals surface area contributed by atoms with Crippen molar-refractivity contribution >= 4 is 0 Å². The molecule has 1 heterocycles. The van der Waals surface area contributed by atoms with Crippen LogP contribution in [-0.2, 0) is 6.42 Å². The fourth-order valence-corrected chi connectivity index (χ4v) is 2.65. The molecule has 2 rings (SSSR count). The summed E-state index contributed by atoms with van der Waals surface area (Å²) in [7, 11) is 0. The molecule has 1 nitrogen and oxygen atoms in total. The Morgan fingerprint density at radius 3 is 2.42 bits per heavy atom. The molecule has 0 aliphatic heterocycles. The van der Waals surface area contributed by atoms with Crippen molar-refractivity contribution in [1.82, 2.24) is 4.98 Å². The largest absolute Gasteiger partial charge is 0.261 e. The zero-order chi connectivity index (χ0) is 13.8. The number of nitrogens with zero attached hydrogens (tertiary/aromatic N) is 1. The normalized spacial score (nSPS) is 12.7. The fraction of sp³-hybridized carbons (Fsp3) is 0.389. The van der Waals surface area contributed by atoms with Crippen molar-refractivity contribution in [2.75, 3.05) is 0 Å². The Labute approximate surface area is 116 Å². The van der Waals surface area contributed by atoms with E-state index < -0.39 is 0 Å². The van der Waals surface area contributed by atoms with Gasteiger partial charge in [0, 0.05) is 17.8 Å². The third-order valence-corrected chi connectivity index (χ3v) is 3.83. The molecule has 1 heteroatoms. The van der Waals surface area contributed by atoms with Gasteiger partial charge in [0.05, 0.1) is 0 Å². The van der Waals surface area contributed by atoms with Gasteiger partial charge >= 0.3 is 0 Å². The Bertz CT molecular complexity index is 529. The predicted octanol–water partition coefficient (Wildman–Crippen LogP) is 4.86. The standard InChI is InChI=1S/C18H23N/c1-13(2)17-9-7-8-16(15(17)4)12-14(3)18-10-5-6-11-19-18/h5-11,13-14H,12H2,1-4H3. The summed E-state index contributed by atoms with van der Waals surface area (Å²) in [6, 6.07) is 12.8. The van der Waals surface area contributed by atoms with Gasteiger partial charge in [0.1, 0.15) is 0 Å². The Morgan fingerprint density at radius 1 is 1.00 bits per heavy atom. The van der Waals surface area contributed by atoms with Crippen molar-refractivity contribution < 1.29 is 0 Å². The third-order valence-electron chi connectivity index (χ3n) is 3.83. The van der Waals surface area contributed by atoms with Crippen molar-refractivity contribution in [3.63, 3.8) is 0 Å². The summed E-state index contributed by atoms with van der Waals surface area (Å²) in [6.07, 6.45) is 2.94. The molecule has 0 aliphatic carbocycles. The van der Waals surface area contributed by atoms with E-state index >= 15 is 0 Å². The molecule has 100 valence electrons. The first-order valence-corrected chi connectivity index (χ1v) is 7.09. The predicted molar refractivity (Wildman–Crippen MR) is 81.6 cm³/mol. The molecule has 1 aromatic heterocycles. The smallest absolute Gasteiger partial charge is 0.0435 e. The molecule has 0 aliphatic rings. The van der Waals surface area contributed by atoms with E-state index in [1.165, 1.54) is 22.4 Å². The van der Waals surface area contributed by atoms with Gasteiger partial charge in [0.2, 0.25) is 0 Å². The van der Waals surface area contributed by atoms with E-state index in [-0.39, 0.29) is 0 Å². The molecule has 0 N–H and O–H groups in total. The number of rotatable bonds is 4. The first-order valence-electron chi connectivity index (χ1n) is 7.09. The van der Waals surface area contributed by atoms with E-state index in [4.69, 9.17) is 0 Å². The molecular weight excluding hydrogens is 230 g/mol.